The lowest BCUT2D eigenvalue weighted by Crippen LogP contribution is -2.32. The Bertz CT molecular complexity index is 148. The lowest BCUT2D eigenvalue weighted by Gasteiger charge is -2.04. The third-order valence-electron chi connectivity index (χ3n) is 0.809. The first-order valence-corrected chi connectivity index (χ1v) is 3.46. The molecule has 0 bridgehead atoms. The molecule has 10 heavy (non-hydrogen) atoms. The Morgan fingerprint density at radius 1 is 1.50 bits per heavy atom. The van der Waals surface area contributed by atoms with Gasteiger partial charge in [-0.25, -0.2) is 3.53 Å². The number of rotatable bonds is 4. The summed E-state index contributed by atoms with van der Waals surface area (Å²) in [5, 5.41) is 16.4. The normalized spacial score (nSPS) is 12.5. The second-order valence-electron chi connectivity index (χ2n) is 1.60. The molecule has 0 fully saturated rings. The highest BCUT2D eigenvalue weighted by Crippen LogP contribution is 1.94. The molecule has 1 atom stereocenters. The van der Waals surface area contributed by atoms with Crippen LogP contribution in [0.25, 0.3) is 0 Å². The maximum atomic E-state index is 10.1. The Morgan fingerprint density at radius 3 is 2.10 bits per heavy atom. The molecule has 58 valence electrons. The number of nitrogens with one attached hydrogen (secondary N) is 1. The van der Waals surface area contributed by atoms with Crippen molar-refractivity contribution in [2.24, 2.45) is 0 Å². The molecule has 0 heterocycles. The Labute approximate surface area is 70.9 Å². The lowest BCUT2D eigenvalue weighted by atomic mass is 10.2. The molecule has 0 aromatic heterocycles. The van der Waals surface area contributed by atoms with E-state index >= 15 is 0 Å². The third kappa shape index (κ3) is 3.62. The molecule has 0 aliphatic carbocycles. The SMILES string of the molecule is O=C(O)CC(NI)C(=O)O. The smallest absolute Gasteiger partial charge is 0.322 e. The molecule has 0 rings (SSSR count). The highest BCUT2D eigenvalue weighted by molar-refractivity contribution is 14.1. The van der Waals surface area contributed by atoms with Gasteiger partial charge in [-0.1, -0.05) is 0 Å². The molecular formula is C4H6INO4. The molecule has 0 saturated heterocycles. The van der Waals surface area contributed by atoms with Crippen molar-refractivity contribution in [3.05, 3.63) is 0 Å². The van der Waals surface area contributed by atoms with Crippen LogP contribution in [0.4, 0.5) is 0 Å². The van der Waals surface area contributed by atoms with Gasteiger partial charge in [0.15, 0.2) is 0 Å². The first-order chi connectivity index (χ1) is 4.57. The second kappa shape index (κ2) is 4.45. The van der Waals surface area contributed by atoms with Crippen LogP contribution in [0, 0.1) is 0 Å². The van der Waals surface area contributed by atoms with E-state index in [1.807, 2.05) is 0 Å². The summed E-state index contributed by atoms with van der Waals surface area (Å²) >= 11 is 1.60. The van der Waals surface area contributed by atoms with Gasteiger partial charge in [-0.3, -0.25) is 9.59 Å². The Morgan fingerprint density at radius 2 is 2.00 bits per heavy atom. The Kier molecular flexibility index (Phi) is 4.28. The zero-order valence-corrected chi connectivity index (χ0v) is 7.03. The molecule has 0 saturated carbocycles. The minimum absolute atomic E-state index is 0.404. The van der Waals surface area contributed by atoms with E-state index in [0.717, 1.165) is 0 Å². The van der Waals surface area contributed by atoms with Crippen molar-refractivity contribution >= 4 is 34.8 Å². The van der Waals surface area contributed by atoms with Crippen molar-refractivity contribution in [2.75, 3.05) is 0 Å². The highest BCUT2D eigenvalue weighted by atomic mass is 127. The van der Waals surface area contributed by atoms with Gasteiger partial charge >= 0.3 is 11.9 Å². The van der Waals surface area contributed by atoms with Crippen LogP contribution in [0.15, 0.2) is 0 Å². The number of halogens is 1. The van der Waals surface area contributed by atoms with Crippen LogP contribution in [0.1, 0.15) is 6.42 Å². The van der Waals surface area contributed by atoms with Gasteiger partial charge in [0.05, 0.1) is 6.42 Å². The van der Waals surface area contributed by atoms with Crippen molar-refractivity contribution < 1.29 is 19.8 Å². The summed E-state index contributed by atoms with van der Waals surface area (Å²) in [7, 11) is 0. The van der Waals surface area contributed by atoms with E-state index in [-0.39, 0.29) is 0 Å². The zero-order chi connectivity index (χ0) is 8.15. The molecule has 0 aliphatic heterocycles. The van der Waals surface area contributed by atoms with Crippen molar-refractivity contribution in [2.45, 2.75) is 12.5 Å². The van der Waals surface area contributed by atoms with Crippen LogP contribution in [-0.2, 0) is 9.59 Å². The summed E-state index contributed by atoms with van der Waals surface area (Å²) in [6.45, 7) is 0. The van der Waals surface area contributed by atoms with Crippen LogP contribution < -0.4 is 3.53 Å². The van der Waals surface area contributed by atoms with Crippen molar-refractivity contribution in [1.29, 1.82) is 0 Å². The molecule has 3 N–H and O–H groups in total. The predicted octanol–water partition coefficient (Wildman–Crippen LogP) is -0.146. The van der Waals surface area contributed by atoms with Gasteiger partial charge < -0.3 is 10.2 Å². The lowest BCUT2D eigenvalue weighted by molar-refractivity contribution is -0.145. The van der Waals surface area contributed by atoms with E-state index < -0.39 is 24.4 Å². The number of aliphatic carboxylic acids is 2. The van der Waals surface area contributed by atoms with Gasteiger partial charge in [-0.05, 0) is 0 Å². The summed E-state index contributed by atoms with van der Waals surface area (Å²) in [4.78, 5) is 20.1. The van der Waals surface area contributed by atoms with Crippen LogP contribution >= 0.6 is 22.9 Å². The molecule has 0 amide bonds. The van der Waals surface area contributed by atoms with Crippen molar-refractivity contribution in [1.82, 2.24) is 3.53 Å². The molecule has 0 aliphatic rings. The number of carboxylic acids is 2. The van der Waals surface area contributed by atoms with Crippen LogP contribution in [0.5, 0.6) is 0 Å². The van der Waals surface area contributed by atoms with E-state index in [4.69, 9.17) is 10.2 Å². The quantitative estimate of drug-likeness (QED) is 0.483. The zero-order valence-electron chi connectivity index (χ0n) is 4.87. The van der Waals surface area contributed by atoms with Crippen LogP contribution in [-0.4, -0.2) is 28.2 Å². The van der Waals surface area contributed by atoms with Gasteiger partial charge in [-0.15, -0.1) is 0 Å². The standard InChI is InChI=1S/C4H6INO4/c5-6-2(4(9)10)1-3(7)8/h2,6H,1H2,(H,7,8)(H,9,10). The van der Waals surface area contributed by atoms with Crippen molar-refractivity contribution in [3.8, 4) is 0 Å². The average Bonchev–Trinajstić information content (AvgIpc) is 1.81. The molecule has 5 nitrogen and oxygen atoms in total. The van der Waals surface area contributed by atoms with Crippen molar-refractivity contribution in [3.63, 3.8) is 0 Å². The fourth-order valence-electron chi connectivity index (χ4n) is 0.347. The summed E-state index contributed by atoms with van der Waals surface area (Å²) in [6, 6.07) is -1.00. The highest BCUT2D eigenvalue weighted by Gasteiger charge is 2.18. The molecule has 0 aromatic rings. The monoisotopic (exact) mass is 259 g/mol. The van der Waals surface area contributed by atoms with Gasteiger partial charge in [0.25, 0.3) is 0 Å². The number of carbonyl (C=O) groups is 2. The first-order valence-electron chi connectivity index (χ1n) is 2.38. The number of hydrogen-bond acceptors (Lipinski definition) is 3. The fourth-order valence-corrected chi connectivity index (χ4v) is 0.834. The summed E-state index contributed by atoms with van der Waals surface area (Å²) in [5.74, 6) is -2.28. The fraction of sp³-hybridized carbons (Fsp3) is 0.500. The van der Waals surface area contributed by atoms with E-state index in [1.54, 1.807) is 22.9 Å². The first kappa shape index (κ1) is 9.63. The second-order valence-corrected chi connectivity index (χ2v) is 2.22. The Balaban J connectivity index is 3.83. The minimum atomic E-state index is -1.16. The molecule has 6 heteroatoms. The van der Waals surface area contributed by atoms with Gasteiger partial charge in [0.2, 0.25) is 0 Å². The largest absolute Gasteiger partial charge is 0.481 e. The van der Waals surface area contributed by atoms with E-state index in [2.05, 4.69) is 3.53 Å². The maximum Gasteiger partial charge on any atom is 0.322 e. The topological polar surface area (TPSA) is 86.6 Å². The Hall–Kier alpha value is -0.370. The van der Waals surface area contributed by atoms with E-state index in [0.29, 0.717) is 0 Å². The van der Waals surface area contributed by atoms with Gasteiger partial charge in [0.1, 0.15) is 6.04 Å². The van der Waals surface area contributed by atoms with Gasteiger partial charge in [0, 0.05) is 22.9 Å². The molecule has 1 unspecified atom stereocenters. The number of carboxylic acid groups (broad SMARTS) is 2. The molecule has 0 spiro atoms. The summed E-state index contributed by atoms with van der Waals surface area (Å²) in [6.07, 6.45) is -0.404. The molecule has 0 radical (unpaired) electrons. The van der Waals surface area contributed by atoms with Gasteiger partial charge in [-0.2, -0.15) is 0 Å². The predicted molar refractivity (Wildman–Crippen MR) is 40.8 cm³/mol. The minimum Gasteiger partial charge on any atom is -0.481 e. The third-order valence-corrected chi connectivity index (χ3v) is 1.56. The van der Waals surface area contributed by atoms with Crippen LogP contribution in [0.2, 0.25) is 0 Å². The van der Waals surface area contributed by atoms with Crippen LogP contribution in [0.3, 0.4) is 0 Å². The summed E-state index contributed by atoms with van der Waals surface area (Å²) < 4.78 is 2.32. The number of hydrogen-bond donors (Lipinski definition) is 3. The summed E-state index contributed by atoms with van der Waals surface area (Å²) in [5.41, 5.74) is 0. The molecule has 0 aromatic carbocycles. The van der Waals surface area contributed by atoms with E-state index in [9.17, 15) is 9.59 Å². The molecular weight excluding hydrogens is 253 g/mol. The maximum absolute atomic E-state index is 10.1. The average molecular weight is 259 g/mol. The van der Waals surface area contributed by atoms with E-state index in [1.165, 1.54) is 0 Å².